The van der Waals surface area contributed by atoms with Gasteiger partial charge in [0.15, 0.2) is 0 Å². The van der Waals surface area contributed by atoms with Crippen molar-refractivity contribution < 1.29 is 9.59 Å². The summed E-state index contributed by atoms with van der Waals surface area (Å²) in [7, 11) is 0. The molecular weight excluding hydrogens is 476 g/mol. The Hall–Kier alpha value is -3.52. The summed E-state index contributed by atoms with van der Waals surface area (Å²) in [5, 5.41) is 4.17. The summed E-state index contributed by atoms with van der Waals surface area (Å²) in [5.41, 5.74) is 3.19. The van der Waals surface area contributed by atoms with E-state index < -0.39 is 0 Å². The maximum absolute atomic E-state index is 13.7. The SMILES string of the molecule is CC(C)C(=O)N1CCC2CCCC(CN(C(=O)Cn3cncn3)Cc3ccccc31)N2Cc1ccccc1. The minimum absolute atomic E-state index is 0.00747. The molecule has 2 amide bonds. The average molecular weight is 515 g/mol. The molecule has 2 aliphatic heterocycles. The van der Waals surface area contributed by atoms with Crippen molar-refractivity contribution in [2.45, 2.75) is 71.2 Å². The number of hydrogen-bond acceptors (Lipinski definition) is 5. The molecule has 2 bridgehead atoms. The number of nitrogens with zero attached hydrogens (tertiary/aromatic N) is 6. The Morgan fingerprint density at radius 3 is 2.50 bits per heavy atom. The molecule has 200 valence electrons. The predicted octanol–water partition coefficient (Wildman–Crippen LogP) is 4.12. The first kappa shape index (κ1) is 26.1. The predicted molar refractivity (Wildman–Crippen MR) is 147 cm³/mol. The van der Waals surface area contributed by atoms with Crippen LogP contribution < -0.4 is 4.90 Å². The van der Waals surface area contributed by atoms with Crippen LogP contribution in [0.1, 0.15) is 50.7 Å². The molecule has 0 N–H and O–H groups in total. The highest BCUT2D eigenvalue weighted by molar-refractivity contribution is 5.95. The summed E-state index contributed by atoms with van der Waals surface area (Å²) in [5.74, 6) is 0.0185. The Balaban J connectivity index is 1.53. The minimum Gasteiger partial charge on any atom is -0.335 e. The first-order valence-electron chi connectivity index (χ1n) is 13.8. The van der Waals surface area contributed by atoms with Crippen molar-refractivity contribution in [3.05, 3.63) is 78.4 Å². The summed E-state index contributed by atoms with van der Waals surface area (Å²) >= 11 is 0. The molecule has 0 spiro atoms. The van der Waals surface area contributed by atoms with E-state index in [9.17, 15) is 9.59 Å². The van der Waals surface area contributed by atoms with Crippen molar-refractivity contribution in [3.63, 3.8) is 0 Å². The topological polar surface area (TPSA) is 74.6 Å². The van der Waals surface area contributed by atoms with E-state index in [4.69, 9.17) is 0 Å². The number of aromatic nitrogens is 3. The lowest BCUT2D eigenvalue weighted by molar-refractivity contribution is -0.134. The number of fused-ring (bicyclic) bond motifs is 3. The van der Waals surface area contributed by atoms with Crippen molar-refractivity contribution >= 4 is 17.5 Å². The lowest BCUT2D eigenvalue weighted by Gasteiger charge is -2.44. The number of carbonyl (C=O) groups is 2. The molecule has 0 aliphatic carbocycles. The van der Waals surface area contributed by atoms with Crippen LogP contribution >= 0.6 is 0 Å². The normalized spacial score (nSPS) is 20.6. The van der Waals surface area contributed by atoms with Crippen LogP contribution in [0.15, 0.2) is 67.3 Å². The second-order valence-corrected chi connectivity index (χ2v) is 10.8. The number of hydrogen-bond donors (Lipinski definition) is 0. The van der Waals surface area contributed by atoms with Gasteiger partial charge in [0.25, 0.3) is 0 Å². The second kappa shape index (κ2) is 11.9. The standard InChI is InChI=1S/C30H38N6O2/c1-23(2)30(38)35-16-15-26-12-8-13-27(36(26)17-24-9-4-3-5-10-24)19-33(18-25-11-6-7-14-28(25)35)29(37)20-34-22-31-21-32-34/h3-7,9-11,14,21-23,26-27H,8,12-13,15-20H2,1-2H3. The molecule has 2 aromatic carbocycles. The van der Waals surface area contributed by atoms with Gasteiger partial charge in [0, 0.05) is 49.9 Å². The van der Waals surface area contributed by atoms with Crippen LogP contribution in [-0.2, 0) is 29.2 Å². The van der Waals surface area contributed by atoms with E-state index in [2.05, 4.69) is 45.3 Å². The van der Waals surface area contributed by atoms with E-state index in [-0.39, 0.29) is 30.3 Å². The number of carbonyl (C=O) groups excluding carboxylic acids is 2. The fourth-order valence-electron chi connectivity index (χ4n) is 5.89. The van der Waals surface area contributed by atoms with Crippen molar-refractivity contribution in [3.8, 4) is 0 Å². The number of rotatable bonds is 5. The molecule has 1 fully saturated rings. The van der Waals surface area contributed by atoms with E-state index >= 15 is 0 Å². The number of amides is 2. The van der Waals surface area contributed by atoms with Crippen LogP contribution in [0.5, 0.6) is 0 Å². The van der Waals surface area contributed by atoms with Gasteiger partial charge < -0.3 is 9.80 Å². The van der Waals surface area contributed by atoms with Crippen LogP contribution in [0.3, 0.4) is 0 Å². The van der Waals surface area contributed by atoms with Crippen LogP contribution in [0.2, 0.25) is 0 Å². The Labute approximate surface area is 225 Å². The zero-order chi connectivity index (χ0) is 26.5. The molecule has 1 aromatic heterocycles. The maximum atomic E-state index is 13.7. The highest BCUT2D eigenvalue weighted by Gasteiger charge is 2.35. The van der Waals surface area contributed by atoms with Crippen LogP contribution in [0.4, 0.5) is 5.69 Å². The zero-order valence-corrected chi connectivity index (χ0v) is 22.4. The molecule has 2 aliphatic rings. The van der Waals surface area contributed by atoms with Crippen LogP contribution in [0.25, 0.3) is 0 Å². The number of para-hydroxylation sites is 1. The number of benzene rings is 2. The molecule has 3 heterocycles. The van der Waals surface area contributed by atoms with E-state index in [1.807, 2.05) is 47.9 Å². The summed E-state index contributed by atoms with van der Waals surface area (Å²) in [4.78, 5) is 37.8. The molecule has 2 unspecified atom stereocenters. The van der Waals surface area contributed by atoms with Crippen molar-refractivity contribution in [2.75, 3.05) is 18.0 Å². The monoisotopic (exact) mass is 514 g/mol. The molecule has 3 aromatic rings. The van der Waals surface area contributed by atoms with Gasteiger partial charge in [-0.1, -0.05) is 68.8 Å². The van der Waals surface area contributed by atoms with E-state index in [0.29, 0.717) is 25.7 Å². The minimum atomic E-state index is -0.113. The highest BCUT2D eigenvalue weighted by Crippen LogP contribution is 2.32. The molecule has 1 saturated heterocycles. The Bertz CT molecular complexity index is 1210. The van der Waals surface area contributed by atoms with Gasteiger partial charge in [0.05, 0.1) is 0 Å². The zero-order valence-electron chi connectivity index (χ0n) is 22.4. The molecule has 8 nitrogen and oxygen atoms in total. The molecule has 5 rings (SSSR count). The third kappa shape index (κ3) is 5.96. The fraction of sp³-hybridized carbons (Fsp3) is 0.467. The molecule has 0 saturated carbocycles. The summed E-state index contributed by atoms with van der Waals surface area (Å²) in [6.07, 6.45) is 7.21. The summed E-state index contributed by atoms with van der Waals surface area (Å²) in [6.45, 7) is 6.67. The fourth-order valence-corrected chi connectivity index (χ4v) is 5.89. The smallest absolute Gasteiger partial charge is 0.244 e. The maximum Gasteiger partial charge on any atom is 0.244 e. The van der Waals surface area contributed by atoms with Crippen LogP contribution in [-0.4, -0.2) is 61.6 Å². The third-order valence-electron chi connectivity index (χ3n) is 7.86. The summed E-state index contributed by atoms with van der Waals surface area (Å²) < 4.78 is 1.58. The van der Waals surface area contributed by atoms with Crippen molar-refractivity contribution in [1.82, 2.24) is 24.6 Å². The average Bonchev–Trinajstić information content (AvgIpc) is 3.43. The lowest BCUT2D eigenvalue weighted by Crippen LogP contribution is -2.52. The Morgan fingerprint density at radius 2 is 1.74 bits per heavy atom. The van der Waals surface area contributed by atoms with E-state index in [1.165, 1.54) is 11.9 Å². The van der Waals surface area contributed by atoms with Crippen molar-refractivity contribution in [1.29, 1.82) is 0 Å². The summed E-state index contributed by atoms with van der Waals surface area (Å²) in [6, 6.07) is 19.2. The molecule has 8 heteroatoms. The van der Waals surface area contributed by atoms with Crippen molar-refractivity contribution in [2.24, 2.45) is 5.92 Å². The van der Waals surface area contributed by atoms with Gasteiger partial charge in [0.1, 0.15) is 19.2 Å². The molecule has 2 atom stereocenters. The highest BCUT2D eigenvalue weighted by atomic mass is 16.2. The van der Waals surface area contributed by atoms with Gasteiger partial charge in [-0.25, -0.2) is 9.67 Å². The van der Waals surface area contributed by atoms with Gasteiger partial charge >= 0.3 is 0 Å². The number of anilines is 1. The lowest BCUT2D eigenvalue weighted by atomic mass is 9.92. The molecular formula is C30H38N6O2. The second-order valence-electron chi connectivity index (χ2n) is 10.8. The van der Waals surface area contributed by atoms with Crippen LogP contribution in [0, 0.1) is 5.92 Å². The van der Waals surface area contributed by atoms with Gasteiger partial charge in [-0.05, 0) is 36.5 Å². The van der Waals surface area contributed by atoms with E-state index in [0.717, 1.165) is 43.5 Å². The molecule has 0 radical (unpaired) electrons. The number of piperidine rings is 1. The third-order valence-corrected chi connectivity index (χ3v) is 7.86. The van der Waals surface area contributed by atoms with Gasteiger partial charge in [-0.2, -0.15) is 5.10 Å². The largest absolute Gasteiger partial charge is 0.335 e. The Morgan fingerprint density at radius 1 is 0.974 bits per heavy atom. The molecule has 38 heavy (non-hydrogen) atoms. The van der Waals surface area contributed by atoms with Gasteiger partial charge in [-0.15, -0.1) is 0 Å². The first-order valence-corrected chi connectivity index (χ1v) is 13.8. The van der Waals surface area contributed by atoms with Gasteiger partial charge in [0.2, 0.25) is 11.8 Å². The Kier molecular flexibility index (Phi) is 8.17. The quantitative estimate of drug-likeness (QED) is 0.512. The van der Waals surface area contributed by atoms with Gasteiger partial charge in [-0.3, -0.25) is 14.5 Å². The van der Waals surface area contributed by atoms with E-state index in [1.54, 1.807) is 11.0 Å². The first-order chi connectivity index (χ1) is 18.5.